The van der Waals surface area contributed by atoms with Gasteiger partial charge in [0.1, 0.15) is 0 Å². The fraction of sp³-hybridized carbons (Fsp3) is 0.679. The second kappa shape index (κ2) is 16.6. The zero-order valence-electron chi connectivity index (χ0n) is 39.9. The lowest BCUT2D eigenvalue weighted by Gasteiger charge is -2.61. The zero-order chi connectivity index (χ0) is 46.8. The van der Waals surface area contributed by atoms with E-state index in [4.69, 9.17) is 4.74 Å². The molecule has 3 aromatic rings. The van der Waals surface area contributed by atoms with Crippen molar-refractivity contribution in [3.63, 3.8) is 0 Å². The third-order valence-electron chi connectivity index (χ3n) is 20.4. The summed E-state index contributed by atoms with van der Waals surface area (Å²) in [7, 11) is 0. The summed E-state index contributed by atoms with van der Waals surface area (Å²) in [4.78, 5) is 34.6. The number of aliphatic hydroxyl groups excluding tert-OH is 3. The van der Waals surface area contributed by atoms with Crippen molar-refractivity contribution in [3.8, 4) is 11.8 Å². The van der Waals surface area contributed by atoms with Crippen molar-refractivity contribution in [1.29, 1.82) is 0 Å². The maximum absolute atomic E-state index is 14.4. The van der Waals surface area contributed by atoms with Gasteiger partial charge >= 0.3 is 5.97 Å². The Bertz CT molecular complexity index is 2480. The van der Waals surface area contributed by atoms with E-state index in [9.17, 15) is 35.1 Å². The summed E-state index contributed by atoms with van der Waals surface area (Å²) in [5, 5.41) is 63.5. The summed E-state index contributed by atoms with van der Waals surface area (Å²) >= 11 is 0. The lowest BCUT2D eigenvalue weighted by molar-refractivity contribution is -0.190. The highest BCUT2D eigenvalue weighted by molar-refractivity contribution is 5.95. The van der Waals surface area contributed by atoms with E-state index in [1.54, 1.807) is 11.6 Å². The Balaban J connectivity index is 1.04. The van der Waals surface area contributed by atoms with Crippen molar-refractivity contribution in [3.05, 3.63) is 72.0 Å². The molecule has 4 saturated carbocycles. The van der Waals surface area contributed by atoms with Crippen LogP contribution in [0.5, 0.6) is 0 Å². The quantitative estimate of drug-likeness (QED) is 0.0777. The van der Waals surface area contributed by atoms with Gasteiger partial charge in [0.25, 0.3) is 0 Å². The van der Waals surface area contributed by atoms with E-state index in [1.165, 1.54) is 6.42 Å². The maximum Gasteiger partial charge on any atom is 0.313 e. The van der Waals surface area contributed by atoms with Gasteiger partial charge in [-0.3, -0.25) is 9.59 Å². The molecule has 8 aliphatic rings. The van der Waals surface area contributed by atoms with E-state index in [0.29, 0.717) is 62.7 Å². The molecule has 19 atom stereocenters. The number of allylic oxidation sites excluding steroid dienone is 3. The van der Waals surface area contributed by atoms with Gasteiger partial charge in [-0.25, -0.2) is 0 Å². The molecule has 11 heteroatoms. The topological polar surface area (TPSA) is 181 Å². The van der Waals surface area contributed by atoms with Crippen molar-refractivity contribution in [2.24, 2.45) is 75.9 Å². The molecule has 0 amide bonds. The average molecular weight is 916 g/mol. The summed E-state index contributed by atoms with van der Waals surface area (Å²) in [6.07, 6.45) is 19.3. The van der Waals surface area contributed by atoms with Crippen LogP contribution in [0.4, 0.5) is 0 Å². The number of carbonyl (C=O) groups is 2. The molecule has 5 fully saturated rings. The molecule has 67 heavy (non-hydrogen) atoms. The molecule has 11 rings (SSSR count). The van der Waals surface area contributed by atoms with Gasteiger partial charge in [-0.15, -0.1) is 5.92 Å². The van der Waals surface area contributed by atoms with Crippen molar-refractivity contribution in [2.75, 3.05) is 6.61 Å². The molecule has 0 bridgehead atoms. The second-order valence-electron chi connectivity index (χ2n) is 23.8. The minimum atomic E-state index is -1.64. The Morgan fingerprint density at radius 2 is 1.76 bits per heavy atom. The minimum Gasteiger partial charge on any atom is -0.465 e. The highest BCUT2D eigenvalue weighted by atomic mass is 16.5. The molecule has 0 spiro atoms. The number of ketones is 1. The van der Waals surface area contributed by atoms with Gasteiger partial charge in [-0.05, 0) is 160 Å². The van der Waals surface area contributed by atoms with Crippen molar-refractivity contribution in [2.45, 2.75) is 153 Å². The number of carbonyl (C=O) groups excluding carboxylic acids is 2. The number of H-pyrrole nitrogens is 2. The van der Waals surface area contributed by atoms with Crippen molar-refractivity contribution < 1.29 is 39.9 Å². The first-order chi connectivity index (χ1) is 32.0. The molecular weight excluding hydrogens is 843 g/mol. The van der Waals surface area contributed by atoms with E-state index in [1.807, 2.05) is 37.6 Å². The van der Waals surface area contributed by atoms with Crippen molar-refractivity contribution in [1.82, 2.24) is 14.5 Å². The summed E-state index contributed by atoms with van der Waals surface area (Å²) in [6.45, 7) is 9.36. The zero-order valence-corrected chi connectivity index (χ0v) is 39.9. The van der Waals surface area contributed by atoms with Crippen LogP contribution in [0, 0.1) is 87.8 Å². The van der Waals surface area contributed by atoms with Crippen LogP contribution in [0.25, 0.3) is 10.9 Å². The number of hydrogen-bond acceptors (Lipinski definition) is 8. The molecule has 7 N–H and O–H groups in total. The highest BCUT2D eigenvalue weighted by Crippen LogP contribution is 2.72. The predicted molar refractivity (Wildman–Crippen MR) is 254 cm³/mol. The van der Waals surface area contributed by atoms with E-state index in [2.05, 4.69) is 65.6 Å². The van der Waals surface area contributed by atoms with Crippen molar-refractivity contribution >= 4 is 22.7 Å². The molecule has 11 nitrogen and oxygen atoms in total. The standard InChI is InChI=1S/C56H73N3O8/c1-31-8-9-33-10-11-38-32(2)21-49(63)54(4,65)51-35(7-5-6-34(22-40(38)39(33)20-31)41-30-67-52(64)50(41)36-13-17-57-27-36)25-56(66)43-23-46(60)44-24-47(61)48(62)26-53(44,3)42(43)12-15-55(51,56)16-19-59-28-37-14-18-58-45(37)29-59/h10,13-14,17-18,23,27-29,31-32,34-35,38-42,44,47-51,57-58,61-63,65-66H,7-9,11-12,15-16,19-22,24-26,30H2,1-4H3. The van der Waals surface area contributed by atoms with E-state index < -0.39 is 58.1 Å². The minimum absolute atomic E-state index is 0.0506. The van der Waals surface area contributed by atoms with Crippen LogP contribution in [0.1, 0.15) is 123 Å². The number of aromatic amines is 2. The predicted octanol–water partition coefficient (Wildman–Crippen LogP) is 7.61. The molecule has 1 aliphatic heterocycles. The SMILES string of the molecule is CC1CCC2=CCC3C(C)CC(O)C(C)(O)C4C(CC#CC(C5COC(=O)C5c5cc[nH]c5)CC3C2C1)CC1(O)C2=CC(=O)C3CC(O)C(O)CC3(C)C2CCC41CCn1cc2cc[nH]c2c1. The summed E-state index contributed by atoms with van der Waals surface area (Å²) in [5.74, 6) is 6.42. The first kappa shape index (κ1) is 45.5. The van der Waals surface area contributed by atoms with Gasteiger partial charge in [0, 0.05) is 78.4 Å². The molecular formula is C56H73N3O8. The number of aryl methyl sites for hydroxylation is 1. The fourth-order valence-corrected chi connectivity index (χ4v) is 17.1. The number of aliphatic hydroxyl groups is 5. The number of fused-ring (bicyclic) bond motifs is 11. The number of nitrogens with one attached hydrogen (secondary N) is 2. The van der Waals surface area contributed by atoms with Gasteiger partial charge in [0.2, 0.25) is 0 Å². The maximum atomic E-state index is 14.4. The monoisotopic (exact) mass is 916 g/mol. The van der Waals surface area contributed by atoms with Gasteiger partial charge in [-0.2, -0.15) is 0 Å². The Kier molecular flexibility index (Phi) is 11.3. The van der Waals surface area contributed by atoms with Crippen LogP contribution in [-0.4, -0.2) is 87.9 Å². The largest absolute Gasteiger partial charge is 0.465 e. The number of hydrogen-bond donors (Lipinski definition) is 7. The molecule has 4 heterocycles. The molecule has 1 saturated heterocycles. The second-order valence-corrected chi connectivity index (χ2v) is 23.8. The lowest BCUT2D eigenvalue weighted by atomic mass is 9.44. The Labute approximate surface area is 395 Å². The van der Waals surface area contributed by atoms with E-state index in [0.717, 1.165) is 42.1 Å². The van der Waals surface area contributed by atoms with Crippen LogP contribution >= 0.6 is 0 Å². The first-order valence-electron chi connectivity index (χ1n) is 25.9. The van der Waals surface area contributed by atoms with Crippen LogP contribution in [0.3, 0.4) is 0 Å². The molecule has 7 aliphatic carbocycles. The Morgan fingerprint density at radius 1 is 0.925 bits per heavy atom. The Morgan fingerprint density at radius 3 is 2.55 bits per heavy atom. The fourth-order valence-electron chi connectivity index (χ4n) is 17.1. The third kappa shape index (κ3) is 7.15. The van der Waals surface area contributed by atoms with Gasteiger partial charge in [0.05, 0.1) is 47.6 Å². The van der Waals surface area contributed by atoms with Gasteiger partial charge in [-0.1, -0.05) is 38.3 Å². The van der Waals surface area contributed by atoms with Gasteiger partial charge < -0.3 is 44.8 Å². The average Bonchev–Trinajstić information content (AvgIpc) is 4.13. The number of esters is 1. The molecule has 19 unspecified atom stereocenters. The number of nitrogens with zero attached hydrogens (tertiary/aromatic N) is 1. The molecule has 3 aromatic heterocycles. The van der Waals surface area contributed by atoms with Crippen LogP contribution in [0.15, 0.2) is 66.4 Å². The highest BCUT2D eigenvalue weighted by Gasteiger charge is 2.73. The smallest absolute Gasteiger partial charge is 0.313 e. The molecule has 360 valence electrons. The summed E-state index contributed by atoms with van der Waals surface area (Å²) in [5.41, 5.74) is -0.630. The first-order valence-corrected chi connectivity index (χ1v) is 25.9. The van der Waals surface area contributed by atoms with Crippen LogP contribution in [-0.2, 0) is 20.9 Å². The van der Waals surface area contributed by atoms with E-state index >= 15 is 0 Å². The number of cyclic esters (lactones) is 1. The number of ether oxygens (including phenoxy) is 1. The lowest BCUT2D eigenvalue weighted by Crippen LogP contribution is -2.64. The van der Waals surface area contributed by atoms with Gasteiger partial charge in [0.15, 0.2) is 5.78 Å². The number of rotatable bonds is 5. The van der Waals surface area contributed by atoms with E-state index in [-0.39, 0.29) is 72.4 Å². The third-order valence-corrected chi connectivity index (χ3v) is 20.4. The normalized spacial score (nSPS) is 46.4. The molecule has 0 aromatic carbocycles. The number of aromatic nitrogens is 3. The van der Waals surface area contributed by atoms with Crippen LogP contribution in [0.2, 0.25) is 0 Å². The van der Waals surface area contributed by atoms with Crippen LogP contribution < -0.4 is 0 Å². The Hall–Kier alpha value is -3.92. The molecule has 0 radical (unpaired) electrons. The summed E-state index contributed by atoms with van der Waals surface area (Å²) in [6, 6.07) is 4.02. The summed E-state index contributed by atoms with van der Waals surface area (Å²) < 4.78 is 8.09.